The van der Waals surface area contributed by atoms with E-state index >= 15 is 0 Å². The lowest BCUT2D eigenvalue weighted by Crippen LogP contribution is -2.45. The standard InChI is InChI=1S/C21H33N3O2/c1-17-7-11-24(12-8-17)21(22-2)23-15-18-3-5-19(6-4-18)16-26-20-9-13-25-14-10-20/h3-6,17,20H,7-16H2,1-2H3,(H,22,23). The van der Waals surface area contributed by atoms with Crippen LogP contribution >= 0.6 is 0 Å². The van der Waals surface area contributed by atoms with E-state index in [1.54, 1.807) is 0 Å². The van der Waals surface area contributed by atoms with Gasteiger partial charge in [-0.15, -0.1) is 0 Å². The number of hydrogen-bond donors (Lipinski definition) is 1. The van der Waals surface area contributed by atoms with Crippen molar-refractivity contribution in [1.82, 2.24) is 10.2 Å². The molecule has 3 rings (SSSR count). The summed E-state index contributed by atoms with van der Waals surface area (Å²) in [6.07, 6.45) is 4.87. The molecule has 5 nitrogen and oxygen atoms in total. The van der Waals surface area contributed by atoms with Gasteiger partial charge in [-0.05, 0) is 42.7 Å². The number of nitrogens with one attached hydrogen (secondary N) is 1. The third-order valence-corrected chi connectivity index (χ3v) is 5.42. The molecule has 2 saturated heterocycles. The minimum Gasteiger partial charge on any atom is -0.381 e. The van der Waals surface area contributed by atoms with Gasteiger partial charge < -0.3 is 19.7 Å². The Bertz CT molecular complexity index is 559. The van der Waals surface area contributed by atoms with E-state index in [1.807, 2.05) is 7.05 Å². The average molecular weight is 360 g/mol. The molecule has 1 aromatic rings. The maximum atomic E-state index is 5.99. The summed E-state index contributed by atoms with van der Waals surface area (Å²) < 4.78 is 11.4. The van der Waals surface area contributed by atoms with E-state index < -0.39 is 0 Å². The molecule has 2 aliphatic heterocycles. The summed E-state index contributed by atoms with van der Waals surface area (Å²) in [6.45, 7) is 7.68. The van der Waals surface area contributed by atoms with Crippen LogP contribution in [0.3, 0.4) is 0 Å². The van der Waals surface area contributed by atoms with Crippen molar-refractivity contribution in [1.29, 1.82) is 0 Å². The fourth-order valence-corrected chi connectivity index (χ4v) is 3.54. The summed E-state index contributed by atoms with van der Waals surface area (Å²) in [5, 5.41) is 3.50. The first-order valence-electron chi connectivity index (χ1n) is 9.97. The van der Waals surface area contributed by atoms with E-state index in [1.165, 1.54) is 24.0 Å². The highest BCUT2D eigenvalue weighted by Gasteiger charge is 2.18. The van der Waals surface area contributed by atoms with Crippen molar-refractivity contribution < 1.29 is 9.47 Å². The zero-order chi connectivity index (χ0) is 18.2. The van der Waals surface area contributed by atoms with Gasteiger partial charge in [0.1, 0.15) is 0 Å². The Morgan fingerprint density at radius 1 is 1.12 bits per heavy atom. The van der Waals surface area contributed by atoms with E-state index in [0.29, 0.717) is 12.7 Å². The molecular weight excluding hydrogens is 326 g/mol. The molecule has 0 aromatic heterocycles. The molecule has 0 amide bonds. The van der Waals surface area contributed by atoms with Gasteiger partial charge in [0, 0.05) is 39.9 Å². The Balaban J connectivity index is 1.43. The van der Waals surface area contributed by atoms with E-state index in [0.717, 1.165) is 57.6 Å². The summed E-state index contributed by atoms with van der Waals surface area (Å²) >= 11 is 0. The van der Waals surface area contributed by atoms with E-state index in [9.17, 15) is 0 Å². The first-order valence-corrected chi connectivity index (χ1v) is 9.97. The minimum absolute atomic E-state index is 0.348. The first-order chi connectivity index (χ1) is 12.7. The number of hydrogen-bond acceptors (Lipinski definition) is 3. The summed E-state index contributed by atoms with van der Waals surface area (Å²) in [5.41, 5.74) is 2.50. The Kier molecular flexibility index (Phi) is 7.32. The van der Waals surface area contributed by atoms with E-state index in [4.69, 9.17) is 9.47 Å². The quantitative estimate of drug-likeness (QED) is 0.648. The van der Waals surface area contributed by atoms with Crippen LogP contribution in [0.25, 0.3) is 0 Å². The number of benzene rings is 1. The number of piperidine rings is 1. The number of guanidine groups is 1. The molecule has 0 radical (unpaired) electrons. The Morgan fingerprint density at radius 2 is 1.77 bits per heavy atom. The summed E-state index contributed by atoms with van der Waals surface area (Å²) in [4.78, 5) is 6.82. The third kappa shape index (κ3) is 5.71. The molecular formula is C21H33N3O2. The summed E-state index contributed by atoms with van der Waals surface area (Å²) in [6, 6.07) is 8.70. The highest BCUT2D eigenvalue weighted by molar-refractivity contribution is 5.79. The van der Waals surface area contributed by atoms with Crippen LogP contribution < -0.4 is 5.32 Å². The molecule has 2 heterocycles. The average Bonchev–Trinajstić information content (AvgIpc) is 2.70. The van der Waals surface area contributed by atoms with Crippen LogP contribution in [0.1, 0.15) is 43.7 Å². The van der Waals surface area contributed by atoms with Crippen LogP contribution in [-0.4, -0.2) is 50.3 Å². The van der Waals surface area contributed by atoms with Crippen LogP contribution in [0.15, 0.2) is 29.3 Å². The Morgan fingerprint density at radius 3 is 2.42 bits per heavy atom. The maximum Gasteiger partial charge on any atom is 0.193 e. The van der Waals surface area contributed by atoms with Gasteiger partial charge in [0.25, 0.3) is 0 Å². The molecule has 0 bridgehead atoms. The van der Waals surface area contributed by atoms with Crippen molar-refractivity contribution in [2.24, 2.45) is 10.9 Å². The van der Waals surface area contributed by atoms with Crippen molar-refractivity contribution in [2.45, 2.75) is 51.9 Å². The van der Waals surface area contributed by atoms with Gasteiger partial charge in [-0.2, -0.15) is 0 Å². The SMILES string of the molecule is CN=C(NCc1ccc(COC2CCOCC2)cc1)N1CCC(C)CC1. The number of ether oxygens (including phenoxy) is 2. The molecule has 2 aliphatic rings. The van der Waals surface area contributed by atoms with E-state index in [-0.39, 0.29) is 0 Å². The molecule has 0 spiro atoms. The summed E-state index contributed by atoms with van der Waals surface area (Å²) in [7, 11) is 1.87. The molecule has 0 unspecified atom stereocenters. The first kappa shape index (κ1) is 19.2. The zero-order valence-electron chi connectivity index (χ0n) is 16.2. The lowest BCUT2D eigenvalue weighted by Gasteiger charge is -2.32. The lowest BCUT2D eigenvalue weighted by molar-refractivity contribution is -0.0390. The van der Waals surface area contributed by atoms with Crippen molar-refractivity contribution in [2.75, 3.05) is 33.4 Å². The van der Waals surface area contributed by atoms with Crippen LogP contribution in [0.2, 0.25) is 0 Å². The fraction of sp³-hybridized carbons (Fsp3) is 0.667. The minimum atomic E-state index is 0.348. The van der Waals surface area contributed by atoms with Gasteiger partial charge in [-0.1, -0.05) is 31.2 Å². The Hall–Kier alpha value is -1.59. The number of likely N-dealkylation sites (tertiary alicyclic amines) is 1. The van der Waals surface area contributed by atoms with Crippen LogP contribution in [-0.2, 0) is 22.6 Å². The van der Waals surface area contributed by atoms with Crippen molar-refractivity contribution in [3.63, 3.8) is 0 Å². The van der Waals surface area contributed by atoms with Crippen molar-refractivity contribution >= 4 is 5.96 Å². The zero-order valence-corrected chi connectivity index (χ0v) is 16.2. The second kappa shape index (κ2) is 9.93. The van der Waals surface area contributed by atoms with Gasteiger partial charge >= 0.3 is 0 Å². The predicted molar refractivity (Wildman–Crippen MR) is 105 cm³/mol. The van der Waals surface area contributed by atoms with Gasteiger partial charge in [0.15, 0.2) is 5.96 Å². The highest BCUT2D eigenvalue weighted by atomic mass is 16.5. The maximum absolute atomic E-state index is 5.99. The molecule has 5 heteroatoms. The smallest absolute Gasteiger partial charge is 0.193 e. The third-order valence-electron chi connectivity index (χ3n) is 5.42. The van der Waals surface area contributed by atoms with Crippen molar-refractivity contribution in [3.8, 4) is 0 Å². The topological polar surface area (TPSA) is 46.1 Å². The van der Waals surface area contributed by atoms with Crippen LogP contribution in [0.4, 0.5) is 0 Å². The Labute approximate surface area is 157 Å². The van der Waals surface area contributed by atoms with Gasteiger partial charge in [0.05, 0.1) is 12.7 Å². The van der Waals surface area contributed by atoms with Crippen molar-refractivity contribution in [3.05, 3.63) is 35.4 Å². The van der Waals surface area contributed by atoms with Crippen LogP contribution in [0, 0.1) is 5.92 Å². The summed E-state index contributed by atoms with van der Waals surface area (Å²) in [5.74, 6) is 1.85. The second-order valence-corrected chi connectivity index (χ2v) is 7.51. The number of nitrogens with zero attached hydrogens (tertiary/aromatic N) is 2. The normalized spacial score (nSPS) is 20.4. The van der Waals surface area contributed by atoms with E-state index in [2.05, 4.69) is 46.4 Å². The van der Waals surface area contributed by atoms with Gasteiger partial charge in [-0.3, -0.25) is 4.99 Å². The molecule has 0 saturated carbocycles. The number of rotatable bonds is 5. The molecule has 144 valence electrons. The molecule has 26 heavy (non-hydrogen) atoms. The molecule has 1 aromatic carbocycles. The largest absolute Gasteiger partial charge is 0.381 e. The predicted octanol–water partition coefficient (Wildman–Crippen LogP) is 3.19. The monoisotopic (exact) mass is 359 g/mol. The van der Waals surface area contributed by atoms with Gasteiger partial charge in [-0.25, -0.2) is 0 Å². The number of aliphatic imine (C=N–C) groups is 1. The van der Waals surface area contributed by atoms with Gasteiger partial charge in [0.2, 0.25) is 0 Å². The fourth-order valence-electron chi connectivity index (χ4n) is 3.54. The molecule has 1 N–H and O–H groups in total. The molecule has 0 aliphatic carbocycles. The van der Waals surface area contributed by atoms with Crippen LogP contribution in [0.5, 0.6) is 0 Å². The molecule has 0 atom stereocenters. The molecule has 2 fully saturated rings. The lowest BCUT2D eigenvalue weighted by atomic mass is 9.99. The second-order valence-electron chi connectivity index (χ2n) is 7.51. The highest BCUT2D eigenvalue weighted by Crippen LogP contribution is 2.16.